The van der Waals surface area contributed by atoms with Crippen LogP contribution in [0, 0.1) is 11.2 Å². The Balaban J connectivity index is 1.84. The molecule has 3 rings (SSSR count). The van der Waals surface area contributed by atoms with Crippen LogP contribution in [-0.2, 0) is 13.1 Å². The molecule has 1 aromatic carbocycles. The summed E-state index contributed by atoms with van der Waals surface area (Å²) in [5.41, 5.74) is 1.74. The van der Waals surface area contributed by atoms with Crippen LogP contribution < -0.4 is 0 Å². The third-order valence-electron chi connectivity index (χ3n) is 2.97. The zero-order valence-corrected chi connectivity index (χ0v) is 11.8. The fourth-order valence-electron chi connectivity index (χ4n) is 2.12. The molecule has 0 spiro atoms. The lowest BCUT2D eigenvalue weighted by Crippen LogP contribution is -2.22. The van der Waals surface area contributed by atoms with E-state index in [4.69, 9.17) is 5.41 Å². The Hall–Kier alpha value is -1.20. The Bertz CT molecular complexity index is 623. The number of rotatable bonds is 2. The summed E-state index contributed by atoms with van der Waals surface area (Å²) in [6.07, 6.45) is 0. The molecule has 92 valence electrons. The maximum Gasteiger partial charge on any atom is 0.129 e. The van der Waals surface area contributed by atoms with Crippen molar-refractivity contribution in [2.24, 2.45) is 0 Å². The maximum absolute atomic E-state index is 13.2. The molecule has 1 aliphatic rings. The highest BCUT2D eigenvalue weighted by Crippen LogP contribution is 2.27. The molecule has 0 amide bonds. The summed E-state index contributed by atoms with van der Waals surface area (Å²) in [7, 11) is 0. The van der Waals surface area contributed by atoms with Gasteiger partial charge in [-0.1, -0.05) is 6.07 Å². The van der Waals surface area contributed by atoms with E-state index in [-0.39, 0.29) is 5.82 Å². The van der Waals surface area contributed by atoms with Gasteiger partial charge in [0.05, 0.1) is 6.54 Å². The van der Waals surface area contributed by atoms with E-state index in [1.54, 1.807) is 17.4 Å². The molecular formula is C13H10BrFN2S. The van der Waals surface area contributed by atoms with E-state index in [2.05, 4.69) is 22.0 Å². The topological polar surface area (TPSA) is 27.1 Å². The molecule has 2 nitrogen and oxygen atoms in total. The van der Waals surface area contributed by atoms with Gasteiger partial charge in [-0.25, -0.2) is 4.39 Å². The first-order valence-corrected chi connectivity index (χ1v) is 7.16. The van der Waals surface area contributed by atoms with Gasteiger partial charge in [-0.15, -0.1) is 11.3 Å². The lowest BCUT2D eigenvalue weighted by atomic mass is 10.1. The molecule has 0 saturated carbocycles. The second-order valence-electron chi connectivity index (χ2n) is 4.24. The minimum absolute atomic E-state index is 0.279. The average Bonchev–Trinajstić information content (AvgIpc) is 2.86. The van der Waals surface area contributed by atoms with Crippen molar-refractivity contribution in [1.29, 1.82) is 5.41 Å². The van der Waals surface area contributed by atoms with E-state index in [1.807, 2.05) is 10.3 Å². The zero-order valence-electron chi connectivity index (χ0n) is 9.41. The van der Waals surface area contributed by atoms with E-state index in [0.29, 0.717) is 24.5 Å². The van der Waals surface area contributed by atoms with Crippen LogP contribution in [0.25, 0.3) is 0 Å². The zero-order chi connectivity index (χ0) is 12.7. The van der Waals surface area contributed by atoms with Crippen LogP contribution in [0.1, 0.15) is 16.0 Å². The molecule has 0 aliphatic carbocycles. The summed E-state index contributed by atoms with van der Waals surface area (Å²) in [5, 5.41) is 10.1. The monoisotopic (exact) mass is 324 g/mol. The lowest BCUT2D eigenvalue weighted by molar-refractivity contribution is 0.426. The predicted molar refractivity (Wildman–Crippen MR) is 74.5 cm³/mol. The average molecular weight is 325 g/mol. The van der Waals surface area contributed by atoms with Crippen LogP contribution in [0.4, 0.5) is 4.39 Å². The van der Waals surface area contributed by atoms with Crippen molar-refractivity contribution in [3.63, 3.8) is 0 Å². The molecule has 0 atom stereocenters. The molecule has 1 aromatic heterocycles. The number of hydrogen-bond donors (Lipinski definition) is 1. The van der Waals surface area contributed by atoms with E-state index >= 15 is 0 Å². The largest absolute Gasteiger partial charge is 0.347 e. The number of fused-ring (bicyclic) bond motifs is 1. The quantitative estimate of drug-likeness (QED) is 0.888. The number of benzene rings is 1. The predicted octanol–water partition coefficient (Wildman–Crippen LogP) is 3.99. The lowest BCUT2D eigenvalue weighted by Gasteiger charge is -2.16. The molecule has 0 unspecified atom stereocenters. The number of thiophene rings is 1. The summed E-state index contributed by atoms with van der Waals surface area (Å²) in [6, 6.07) is 6.73. The third-order valence-corrected chi connectivity index (χ3v) is 4.66. The molecule has 1 aliphatic heterocycles. The molecule has 2 aromatic rings. The molecule has 1 N–H and O–H groups in total. The highest BCUT2D eigenvalue weighted by atomic mass is 79.9. The molecular weight excluding hydrogens is 315 g/mol. The van der Waals surface area contributed by atoms with Gasteiger partial charge in [0.2, 0.25) is 0 Å². The van der Waals surface area contributed by atoms with Crippen LogP contribution in [0.2, 0.25) is 0 Å². The van der Waals surface area contributed by atoms with Crippen molar-refractivity contribution < 1.29 is 4.39 Å². The highest BCUT2D eigenvalue weighted by molar-refractivity contribution is 9.10. The van der Waals surface area contributed by atoms with Gasteiger partial charge in [0, 0.05) is 26.8 Å². The normalized spacial score (nSPS) is 14.1. The number of amidine groups is 1. The van der Waals surface area contributed by atoms with Crippen molar-refractivity contribution in [1.82, 2.24) is 4.90 Å². The van der Waals surface area contributed by atoms with Gasteiger partial charge in [-0.2, -0.15) is 0 Å². The molecule has 0 radical (unpaired) electrons. The fourth-order valence-corrected chi connectivity index (χ4v) is 3.59. The van der Waals surface area contributed by atoms with Crippen LogP contribution in [0.3, 0.4) is 0 Å². The van der Waals surface area contributed by atoms with Gasteiger partial charge in [-0.3, -0.25) is 5.41 Å². The van der Waals surface area contributed by atoms with Crippen LogP contribution >= 0.6 is 27.3 Å². The standard InChI is InChI=1S/C13H10BrFN2S/c14-9-3-11(18-7-9)6-17-5-8-1-2-10(15)4-12(8)13(17)16/h1-4,7,16H,5-6H2. The van der Waals surface area contributed by atoms with Gasteiger partial charge in [0.25, 0.3) is 0 Å². The molecule has 18 heavy (non-hydrogen) atoms. The smallest absolute Gasteiger partial charge is 0.129 e. The summed E-state index contributed by atoms with van der Waals surface area (Å²) >= 11 is 5.08. The number of hydrogen-bond acceptors (Lipinski definition) is 2. The molecule has 0 bridgehead atoms. The summed E-state index contributed by atoms with van der Waals surface area (Å²) in [6.45, 7) is 1.38. The first-order valence-electron chi connectivity index (χ1n) is 5.49. The van der Waals surface area contributed by atoms with Gasteiger partial charge < -0.3 is 4.90 Å². The summed E-state index contributed by atoms with van der Waals surface area (Å²) in [4.78, 5) is 3.16. The first kappa shape index (κ1) is 11.9. The number of nitrogens with one attached hydrogen (secondary N) is 1. The molecule has 0 fully saturated rings. The third kappa shape index (κ3) is 2.08. The van der Waals surface area contributed by atoms with E-state index in [1.165, 1.54) is 17.0 Å². The first-order chi connectivity index (χ1) is 8.63. The fraction of sp³-hybridized carbons (Fsp3) is 0.154. The van der Waals surface area contributed by atoms with Gasteiger partial charge in [0.1, 0.15) is 11.7 Å². The minimum atomic E-state index is -0.279. The molecule has 2 heterocycles. The molecule has 5 heteroatoms. The Morgan fingerprint density at radius 3 is 2.94 bits per heavy atom. The number of nitrogens with zero attached hydrogens (tertiary/aromatic N) is 1. The maximum atomic E-state index is 13.2. The summed E-state index contributed by atoms with van der Waals surface area (Å²) < 4.78 is 14.2. The Morgan fingerprint density at radius 1 is 1.39 bits per heavy atom. The number of halogens is 2. The van der Waals surface area contributed by atoms with Crippen LogP contribution in [0.5, 0.6) is 0 Å². The van der Waals surface area contributed by atoms with Crippen LogP contribution in [-0.4, -0.2) is 10.7 Å². The van der Waals surface area contributed by atoms with Crippen LogP contribution in [0.15, 0.2) is 34.1 Å². The van der Waals surface area contributed by atoms with Crippen molar-refractivity contribution in [3.8, 4) is 0 Å². The van der Waals surface area contributed by atoms with Crippen molar-refractivity contribution >= 4 is 33.1 Å². The summed E-state index contributed by atoms with van der Waals surface area (Å²) in [5.74, 6) is 0.133. The highest BCUT2D eigenvalue weighted by Gasteiger charge is 2.24. The van der Waals surface area contributed by atoms with Gasteiger partial charge >= 0.3 is 0 Å². The Morgan fingerprint density at radius 2 is 2.22 bits per heavy atom. The molecule has 0 saturated heterocycles. The van der Waals surface area contributed by atoms with Crippen molar-refractivity contribution in [2.45, 2.75) is 13.1 Å². The Labute approximate surface area is 117 Å². The second-order valence-corrected chi connectivity index (χ2v) is 6.15. The Kier molecular flexibility index (Phi) is 2.95. The van der Waals surface area contributed by atoms with Crippen molar-refractivity contribution in [2.75, 3.05) is 0 Å². The van der Waals surface area contributed by atoms with Crippen molar-refractivity contribution in [3.05, 3.63) is 55.9 Å². The van der Waals surface area contributed by atoms with E-state index in [9.17, 15) is 4.39 Å². The van der Waals surface area contributed by atoms with E-state index < -0.39 is 0 Å². The minimum Gasteiger partial charge on any atom is -0.347 e. The second kappa shape index (κ2) is 4.48. The van der Waals surface area contributed by atoms with E-state index in [0.717, 1.165) is 10.0 Å². The van der Waals surface area contributed by atoms with Gasteiger partial charge in [0.15, 0.2) is 0 Å². The van der Waals surface area contributed by atoms with Gasteiger partial charge in [-0.05, 0) is 39.7 Å². The SMILES string of the molecule is N=C1c2cc(F)ccc2CN1Cc1cc(Br)cs1.